The molecule has 0 amide bonds. The second-order valence-corrected chi connectivity index (χ2v) is 20.3. The number of para-hydroxylation sites is 2. The molecule has 0 aliphatic heterocycles. The lowest BCUT2D eigenvalue weighted by Gasteiger charge is -2.38. The Kier molecular flexibility index (Phi) is 10.0. The summed E-state index contributed by atoms with van der Waals surface area (Å²) in [5, 5.41) is 2.53. The summed E-state index contributed by atoms with van der Waals surface area (Å²) in [5.74, 6) is 0. The molecule has 2 aliphatic rings. The number of fused-ring (bicyclic) bond motifs is 9. The maximum absolute atomic E-state index is 2.51. The third kappa shape index (κ3) is 6.34. The first-order valence-electron chi connectivity index (χ1n) is 26.4. The largest absolute Gasteiger partial charge is 0.310 e. The fraction of sp³-hybridized carbons (Fsp3) is 0.0270. The van der Waals surface area contributed by atoms with E-state index in [0.717, 1.165) is 28.3 Å². The highest BCUT2D eigenvalue weighted by atomic mass is 15.1. The van der Waals surface area contributed by atoms with Crippen LogP contribution in [0.3, 0.4) is 0 Å². The topological polar surface area (TPSA) is 8.17 Å². The molecule has 76 heavy (non-hydrogen) atoms. The summed E-state index contributed by atoms with van der Waals surface area (Å²) in [4.78, 5) is 2.51. The van der Waals surface area contributed by atoms with Gasteiger partial charge in [-0.2, -0.15) is 0 Å². The summed E-state index contributed by atoms with van der Waals surface area (Å²) < 4.78 is 2.38. The van der Waals surface area contributed by atoms with Gasteiger partial charge in [0.25, 0.3) is 0 Å². The molecule has 0 spiro atoms. The number of benzene rings is 12. The Labute approximate surface area is 443 Å². The minimum Gasteiger partial charge on any atom is -0.310 e. The molecule has 15 rings (SSSR count). The second-order valence-electron chi connectivity index (χ2n) is 20.3. The first kappa shape index (κ1) is 43.8. The highest BCUT2D eigenvalue weighted by Gasteiger charge is 2.49. The SMILES string of the molecule is c1ccc(C2(c3ccc(N(c4ccc(-c5ccc(-n6c7ccccc7c7ccccc76)cc5)cc4)c4cccc5c4C(c4ccccc4)(c4ccccc4)c4ccccc4-5)cc3)c3ccccc3-c3ccccc32)cc1. The standard InChI is InChI=1S/C74H50N2/c1-4-21-53(22-5-1)73(66-33-15-10-27-60(66)61-28-11-16-34-67(61)73)56-43-49-58(50-44-56)75(57-45-39-51(40-46-57)52-41-47-59(48-42-52)76-69-36-18-13-30-63(69)64-31-14-19-37-70(64)76)71-38-20-32-65-62-29-12-17-35-68(62)74(72(65)71,54-23-6-2-7-24-54)55-25-8-3-9-26-55/h1-50H. The molecule has 13 aromatic rings. The van der Waals surface area contributed by atoms with Gasteiger partial charge in [0.2, 0.25) is 0 Å². The summed E-state index contributed by atoms with van der Waals surface area (Å²) >= 11 is 0. The molecule has 0 saturated heterocycles. The molecule has 0 bridgehead atoms. The lowest BCUT2D eigenvalue weighted by molar-refractivity contribution is 0.766. The monoisotopic (exact) mass is 966 g/mol. The number of rotatable bonds is 9. The van der Waals surface area contributed by atoms with Gasteiger partial charge in [-0.25, -0.2) is 0 Å². The maximum Gasteiger partial charge on any atom is 0.0734 e. The summed E-state index contributed by atoms with van der Waals surface area (Å²) in [6.45, 7) is 0. The van der Waals surface area contributed by atoms with Crippen LogP contribution in [0.1, 0.15) is 44.5 Å². The van der Waals surface area contributed by atoms with Crippen molar-refractivity contribution in [3.8, 4) is 39.1 Å². The van der Waals surface area contributed by atoms with Crippen molar-refractivity contribution in [1.29, 1.82) is 0 Å². The van der Waals surface area contributed by atoms with Gasteiger partial charge in [0.15, 0.2) is 0 Å². The quantitative estimate of drug-likeness (QED) is 0.140. The van der Waals surface area contributed by atoms with Crippen LogP contribution < -0.4 is 4.90 Å². The number of nitrogens with zero attached hydrogens (tertiary/aromatic N) is 2. The highest BCUT2D eigenvalue weighted by molar-refractivity contribution is 6.09. The first-order valence-corrected chi connectivity index (χ1v) is 26.4. The van der Waals surface area contributed by atoms with Crippen LogP contribution in [0.15, 0.2) is 303 Å². The van der Waals surface area contributed by atoms with E-state index in [0.29, 0.717) is 0 Å². The Morgan fingerprint density at radius 3 is 1.14 bits per heavy atom. The number of aromatic nitrogens is 1. The van der Waals surface area contributed by atoms with Crippen LogP contribution in [-0.2, 0) is 10.8 Å². The van der Waals surface area contributed by atoms with E-state index < -0.39 is 10.8 Å². The van der Waals surface area contributed by atoms with Crippen LogP contribution in [0.5, 0.6) is 0 Å². The van der Waals surface area contributed by atoms with Crippen molar-refractivity contribution in [2.24, 2.45) is 0 Å². The normalized spacial score (nSPS) is 13.5. The molecule has 0 atom stereocenters. The van der Waals surface area contributed by atoms with Crippen LogP contribution in [0.2, 0.25) is 0 Å². The van der Waals surface area contributed by atoms with E-state index in [1.54, 1.807) is 0 Å². The fourth-order valence-electron chi connectivity index (χ4n) is 13.5. The van der Waals surface area contributed by atoms with Crippen LogP contribution in [0.25, 0.3) is 60.9 Å². The lowest BCUT2D eigenvalue weighted by atomic mass is 9.67. The van der Waals surface area contributed by atoms with Gasteiger partial charge >= 0.3 is 0 Å². The molecule has 2 aliphatic carbocycles. The summed E-state index contributed by atoms with van der Waals surface area (Å²) in [5.41, 5.74) is 23.2. The average Bonchev–Trinajstić information content (AvgIpc) is 4.14. The molecule has 0 fully saturated rings. The van der Waals surface area contributed by atoms with E-state index in [1.807, 2.05) is 0 Å². The molecular formula is C74H50N2. The molecular weight excluding hydrogens is 917 g/mol. The van der Waals surface area contributed by atoms with Crippen LogP contribution in [-0.4, -0.2) is 4.57 Å². The van der Waals surface area contributed by atoms with Crippen LogP contribution >= 0.6 is 0 Å². The van der Waals surface area contributed by atoms with Crippen molar-refractivity contribution >= 4 is 38.9 Å². The van der Waals surface area contributed by atoms with Crippen molar-refractivity contribution < 1.29 is 0 Å². The van der Waals surface area contributed by atoms with E-state index >= 15 is 0 Å². The third-order valence-electron chi connectivity index (χ3n) is 16.6. The molecule has 356 valence electrons. The van der Waals surface area contributed by atoms with Gasteiger partial charge in [0, 0.05) is 33.4 Å². The van der Waals surface area contributed by atoms with Crippen molar-refractivity contribution in [2.45, 2.75) is 10.8 Å². The zero-order valence-corrected chi connectivity index (χ0v) is 41.8. The van der Waals surface area contributed by atoms with Crippen molar-refractivity contribution in [2.75, 3.05) is 4.90 Å². The Hall–Kier alpha value is -9.76. The van der Waals surface area contributed by atoms with Crippen LogP contribution in [0.4, 0.5) is 17.1 Å². The molecule has 1 heterocycles. The van der Waals surface area contributed by atoms with Gasteiger partial charge in [-0.1, -0.05) is 249 Å². The summed E-state index contributed by atoms with van der Waals surface area (Å²) in [6.07, 6.45) is 0. The summed E-state index contributed by atoms with van der Waals surface area (Å²) in [6, 6.07) is 113. The van der Waals surface area contributed by atoms with E-state index in [2.05, 4.69) is 313 Å². The lowest BCUT2D eigenvalue weighted by Crippen LogP contribution is -2.30. The molecule has 0 radical (unpaired) electrons. The average molecular weight is 967 g/mol. The van der Waals surface area contributed by atoms with Crippen LogP contribution in [0, 0.1) is 0 Å². The highest BCUT2D eigenvalue weighted by Crippen LogP contribution is 2.61. The predicted molar refractivity (Wildman–Crippen MR) is 316 cm³/mol. The van der Waals surface area contributed by atoms with E-state index in [1.165, 1.54) is 94.1 Å². The van der Waals surface area contributed by atoms with Gasteiger partial charge < -0.3 is 9.47 Å². The molecule has 0 N–H and O–H groups in total. The second kappa shape index (κ2) is 17.4. The number of anilines is 3. The maximum atomic E-state index is 2.51. The van der Waals surface area contributed by atoms with Gasteiger partial charge in [0.1, 0.15) is 0 Å². The minimum absolute atomic E-state index is 0.512. The van der Waals surface area contributed by atoms with E-state index in [-0.39, 0.29) is 0 Å². The fourth-order valence-corrected chi connectivity index (χ4v) is 13.5. The Morgan fingerprint density at radius 2 is 0.632 bits per heavy atom. The van der Waals surface area contributed by atoms with Crippen molar-refractivity contribution in [3.05, 3.63) is 348 Å². The third-order valence-corrected chi connectivity index (χ3v) is 16.6. The zero-order valence-electron chi connectivity index (χ0n) is 41.8. The molecule has 12 aromatic carbocycles. The number of hydrogen-bond acceptors (Lipinski definition) is 1. The smallest absolute Gasteiger partial charge is 0.0734 e. The zero-order chi connectivity index (χ0) is 50.2. The molecule has 2 heteroatoms. The molecule has 0 saturated carbocycles. The molecule has 1 aromatic heterocycles. The van der Waals surface area contributed by atoms with Gasteiger partial charge in [-0.3, -0.25) is 0 Å². The Balaban J connectivity index is 0.921. The Bertz CT molecular complexity index is 4170. The Morgan fingerprint density at radius 1 is 0.263 bits per heavy atom. The van der Waals surface area contributed by atoms with E-state index in [4.69, 9.17) is 0 Å². The van der Waals surface area contributed by atoms with Gasteiger partial charge in [0.05, 0.1) is 27.6 Å². The molecule has 0 unspecified atom stereocenters. The van der Waals surface area contributed by atoms with Crippen molar-refractivity contribution in [1.82, 2.24) is 4.57 Å². The molecule has 2 nitrogen and oxygen atoms in total. The van der Waals surface area contributed by atoms with E-state index in [9.17, 15) is 0 Å². The number of hydrogen-bond donors (Lipinski definition) is 0. The van der Waals surface area contributed by atoms with Gasteiger partial charge in [-0.15, -0.1) is 0 Å². The predicted octanol–water partition coefficient (Wildman–Crippen LogP) is 18.6. The minimum atomic E-state index is -0.615. The van der Waals surface area contributed by atoms with Gasteiger partial charge in [-0.05, 0) is 127 Å². The first-order chi connectivity index (χ1) is 37.7. The van der Waals surface area contributed by atoms with Crippen molar-refractivity contribution in [3.63, 3.8) is 0 Å². The summed E-state index contributed by atoms with van der Waals surface area (Å²) in [7, 11) is 0.